The molecule has 0 aliphatic carbocycles. The first kappa shape index (κ1) is 13.8. The first-order valence-electron chi connectivity index (χ1n) is 6.54. The highest BCUT2D eigenvalue weighted by atomic mass is 16.5. The maximum absolute atomic E-state index is 12.2. The van der Waals surface area contributed by atoms with Crippen LogP contribution in [0.1, 0.15) is 31.1 Å². The average molecular weight is 296 g/mol. The van der Waals surface area contributed by atoms with Crippen molar-refractivity contribution in [2.75, 3.05) is 12.5 Å². The van der Waals surface area contributed by atoms with Gasteiger partial charge in [-0.1, -0.05) is 12.1 Å². The number of benzene rings is 2. The zero-order valence-corrected chi connectivity index (χ0v) is 11.7. The lowest BCUT2D eigenvalue weighted by Crippen LogP contribution is -2.35. The van der Waals surface area contributed by atoms with Crippen molar-refractivity contribution in [3.63, 3.8) is 0 Å². The molecule has 0 bridgehead atoms. The molecule has 0 spiro atoms. The smallest absolute Gasteiger partial charge is 0.337 e. The third-order valence-electron chi connectivity index (χ3n) is 3.34. The minimum atomic E-state index is -0.452. The normalized spacial score (nSPS) is 13.0. The van der Waals surface area contributed by atoms with Crippen LogP contribution in [0.25, 0.3) is 0 Å². The second-order valence-electron chi connectivity index (χ2n) is 4.67. The Bertz CT molecular complexity index is 733. The van der Waals surface area contributed by atoms with E-state index in [2.05, 4.69) is 10.2 Å². The quantitative estimate of drug-likeness (QED) is 0.693. The number of fused-ring (bicyclic) bond motifs is 1. The Morgan fingerprint density at radius 1 is 0.955 bits per heavy atom. The van der Waals surface area contributed by atoms with E-state index in [-0.39, 0.29) is 0 Å². The number of hydrogen-bond acceptors (Lipinski definition) is 5. The first-order valence-corrected chi connectivity index (χ1v) is 6.54. The van der Waals surface area contributed by atoms with Crippen molar-refractivity contribution < 1.29 is 19.1 Å². The van der Waals surface area contributed by atoms with E-state index in [1.54, 1.807) is 48.5 Å². The van der Waals surface area contributed by atoms with E-state index in [9.17, 15) is 14.4 Å². The summed E-state index contributed by atoms with van der Waals surface area (Å²) in [7, 11) is 1.30. The summed E-state index contributed by atoms with van der Waals surface area (Å²) in [5, 5.41) is 0.956. The van der Waals surface area contributed by atoms with Crippen molar-refractivity contribution in [3.05, 3.63) is 65.2 Å². The average Bonchev–Trinajstić information content (AvgIpc) is 2.80. The molecule has 1 N–H and O–H groups in total. The van der Waals surface area contributed by atoms with Crippen molar-refractivity contribution in [2.45, 2.75) is 0 Å². The Morgan fingerprint density at radius 2 is 1.50 bits per heavy atom. The van der Waals surface area contributed by atoms with E-state index in [0.717, 1.165) is 5.01 Å². The van der Waals surface area contributed by atoms with E-state index in [4.69, 9.17) is 0 Å². The molecule has 0 saturated heterocycles. The molecule has 0 radical (unpaired) electrons. The van der Waals surface area contributed by atoms with Gasteiger partial charge in [-0.05, 0) is 36.4 Å². The number of nitrogens with one attached hydrogen (secondary N) is 1. The van der Waals surface area contributed by atoms with Crippen molar-refractivity contribution >= 4 is 23.5 Å². The Labute approximate surface area is 126 Å². The lowest BCUT2D eigenvalue weighted by atomic mass is 10.1. The number of hydrogen-bond donors (Lipinski definition) is 1. The fourth-order valence-corrected chi connectivity index (χ4v) is 2.22. The van der Waals surface area contributed by atoms with Gasteiger partial charge >= 0.3 is 5.97 Å². The summed E-state index contributed by atoms with van der Waals surface area (Å²) in [5.41, 5.74) is 4.39. The molecule has 0 saturated carbocycles. The summed E-state index contributed by atoms with van der Waals surface area (Å²) in [6.45, 7) is 0. The van der Waals surface area contributed by atoms with Gasteiger partial charge in [-0.3, -0.25) is 15.0 Å². The summed E-state index contributed by atoms with van der Waals surface area (Å²) in [6, 6.07) is 12.9. The highest BCUT2D eigenvalue weighted by Gasteiger charge is 2.35. The third kappa shape index (κ3) is 2.20. The molecule has 2 amide bonds. The molecule has 0 aromatic heterocycles. The molecule has 1 heterocycles. The van der Waals surface area contributed by atoms with Crippen LogP contribution in [0.3, 0.4) is 0 Å². The monoisotopic (exact) mass is 296 g/mol. The number of nitrogens with zero attached hydrogens (tertiary/aromatic N) is 1. The largest absolute Gasteiger partial charge is 0.465 e. The molecule has 1 aliphatic heterocycles. The number of ether oxygens (including phenoxy) is 1. The first-order chi connectivity index (χ1) is 10.6. The van der Waals surface area contributed by atoms with Gasteiger partial charge in [0, 0.05) is 0 Å². The van der Waals surface area contributed by atoms with Crippen LogP contribution >= 0.6 is 0 Å². The van der Waals surface area contributed by atoms with Crippen LogP contribution in [0.4, 0.5) is 5.69 Å². The van der Waals surface area contributed by atoms with Gasteiger partial charge in [-0.2, -0.15) is 5.01 Å². The molecule has 6 heteroatoms. The molecule has 2 aromatic rings. The van der Waals surface area contributed by atoms with E-state index in [0.29, 0.717) is 22.4 Å². The molecule has 110 valence electrons. The van der Waals surface area contributed by atoms with Gasteiger partial charge in [-0.15, -0.1) is 0 Å². The Balaban J connectivity index is 1.81. The molecule has 6 nitrogen and oxygen atoms in total. The van der Waals surface area contributed by atoms with E-state index in [1.165, 1.54) is 7.11 Å². The van der Waals surface area contributed by atoms with Crippen molar-refractivity contribution in [3.8, 4) is 0 Å². The minimum Gasteiger partial charge on any atom is -0.465 e. The van der Waals surface area contributed by atoms with Crippen LogP contribution < -0.4 is 5.43 Å². The lowest BCUT2D eigenvalue weighted by Gasteiger charge is -2.16. The fraction of sp³-hybridized carbons (Fsp3) is 0.0625. The number of anilines is 1. The van der Waals surface area contributed by atoms with Crippen LogP contribution in [-0.2, 0) is 4.74 Å². The van der Waals surface area contributed by atoms with E-state index >= 15 is 0 Å². The van der Waals surface area contributed by atoms with Gasteiger partial charge in [0.1, 0.15) is 0 Å². The van der Waals surface area contributed by atoms with Crippen molar-refractivity contribution in [1.29, 1.82) is 0 Å². The van der Waals surface area contributed by atoms with E-state index < -0.39 is 17.8 Å². The second-order valence-corrected chi connectivity index (χ2v) is 4.67. The third-order valence-corrected chi connectivity index (χ3v) is 3.34. The Hall–Kier alpha value is -3.15. The predicted molar refractivity (Wildman–Crippen MR) is 78.3 cm³/mol. The van der Waals surface area contributed by atoms with E-state index in [1.807, 2.05) is 0 Å². The van der Waals surface area contributed by atoms with Crippen LogP contribution in [-0.4, -0.2) is 29.9 Å². The number of hydrazine groups is 1. The number of methoxy groups -OCH3 is 1. The van der Waals surface area contributed by atoms with Gasteiger partial charge in [0.2, 0.25) is 0 Å². The van der Waals surface area contributed by atoms with Crippen molar-refractivity contribution in [1.82, 2.24) is 5.01 Å². The second kappa shape index (κ2) is 5.33. The van der Waals surface area contributed by atoms with Gasteiger partial charge in [0.05, 0.1) is 29.5 Å². The topological polar surface area (TPSA) is 75.7 Å². The predicted octanol–water partition coefficient (Wildman–Crippen LogP) is 2.10. The summed E-state index contributed by atoms with van der Waals surface area (Å²) in [5.74, 6) is -1.26. The Kier molecular flexibility index (Phi) is 3.34. The SMILES string of the molecule is COC(=O)c1ccc(NN2C(=O)c3ccccc3C2=O)cc1. The van der Waals surface area contributed by atoms with Gasteiger partial charge < -0.3 is 4.74 Å². The molecule has 0 unspecified atom stereocenters. The Morgan fingerprint density at radius 3 is 2.00 bits per heavy atom. The van der Waals surface area contributed by atoms with Crippen LogP contribution in [0.2, 0.25) is 0 Å². The number of esters is 1. The lowest BCUT2D eigenvalue weighted by molar-refractivity contribution is 0.0599. The van der Waals surface area contributed by atoms with Crippen LogP contribution in [0.15, 0.2) is 48.5 Å². The van der Waals surface area contributed by atoms with Gasteiger partial charge in [-0.25, -0.2) is 4.79 Å². The molecular weight excluding hydrogens is 284 g/mol. The van der Waals surface area contributed by atoms with Gasteiger partial charge in [0.25, 0.3) is 11.8 Å². The summed E-state index contributed by atoms with van der Waals surface area (Å²) in [4.78, 5) is 35.8. The number of carbonyl (C=O) groups is 3. The maximum Gasteiger partial charge on any atom is 0.337 e. The molecular formula is C16H12N2O4. The molecule has 0 fully saturated rings. The number of carbonyl (C=O) groups excluding carboxylic acids is 3. The molecule has 0 atom stereocenters. The summed E-state index contributed by atoms with van der Waals surface area (Å²) in [6.07, 6.45) is 0. The van der Waals surface area contributed by atoms with Crippen LogP contribution in [0, 0.1) is 0 Å². The molecule has 2 aromatic carbocycles. The molecule has 22 heavy (non-hydrogen) atoms. The van der Waals surface area contributed by atoms with Gasteiger partial charge in [0.15, 0.2) is 0 Å². The highest BCUT2D eigenvalue weighted by molar-refractivity contribution is 6.21. The number of rotatable bonds is 3. The zero-order chi connectivity index (χ0) is 15.7. The maximum atomic E-state index is 12.2. The highest BCUT2D eigenvalue weighted by Crippen LogP contribution is 2.23. The summed E-state index contributed by atoms with van der Waals surface area (Å²) < 4.78 is 4.61. The molecule has 1 aliphatic rings. The number of imide groups is 1. The minimum absolute atomic E-state index is 0.367. The van der Waals surface area contributed by atoms with Crippen molar-refractivity contribution in [2.24, 2.45) is 0 Å². The zero-order valence-electron chi connectivity index (χ0n) is 11.7. The van der Waals surface area contributed by atoms with Crippen LogP contribution in [0.5, 0.6) is 0 Å². The number of amides is 2. The molecule has 3 rings (SSSR count). The standard InChI is InChI=1S/C16H12N2O4/c1-22-16(21)10-6-8-11(9-7-10)17-18-14(19)12-4-2-3-5-13(12)15(18)20/h2-9,17H,1H3. The fourth-order valence-electron chi connectivity index (χ4n) is 2.22. The summed E-state index contributed by atoms with van der Waals surface area (Å²) >= 11 is 0.